The van der Waals surface area contributed by atoms with E-state index in [4.69, 9.17) is 10.1 Å². The number of pyridine rings is 1. The number of anilines is 1. The minimum Gasteiger partial charge on any atom is -0.357 e. The highest BCUT2D eigenvalue weighted by molar-refractivity contribution is 7.17. The minimum absolute atomic E-state index is 0.171. The topological polar surface area (TPSA) is 79.2 Å². The summed E-state index contributed by atoms with van der Waals surface area (Å²) in [4.78, 5) is 27.1. The first-order valence-corrected chi connectivity index (χ1v) is 14.1. The molecular formula is C26H35F2N7OS. The molecule has 2 fully saturated rings. The van der Waals surface area contributed by atoms with E-state index in [1.54, 1.807) is 15.8 Å². The maximum absolute atomic E-state index is 12.8. The molecule has 8 nitrogen and oxygen atoms in total. The third-order valence-electron chi connectivity index (χ3n) is 7.34. The van der Waals surface area contributed by atoms with E-state index in [0.29, 0.717) is 24.6 Å². The molecule has 5 rings (SSSR count). The Morgan fingerprint density at radius 1 is 1.14 bits per heavy atom. The molecule has 0 saturated carbocycles. The van der Waals surface area contributed by atoms with Gasteiger partial charge in [-0.05, 0) is 50.3 Å². The Balaban J connectivity index is 1.25. The molecule has 3 aromatic rings. The van der Waals surface area contributed by atoms with Crippen LogP contribution in [0.25, 0.3) is 21.6 Å². The van der Waals surface area contributed by atoms with Crippen LogP contribution in [0.2, 0.25) is 0 Å². The Morgan fingerprint density at radius 2 is 1.92 bits per heavy atom. The average Bonchev–Trinajstić information content (AvgIpc) is 3.47. The van der Waals surface area contributed by atoms with Crippen LogP contribution in [0.4, 0.5) is 14.6 Å². The van der Waals surface area contributed by atoms with Crippen molar-refractivity contribution in [2.24, 2.45) is 13.0 Å². The number of nitrogens with one attached hydrogen (secondary N) is 1. The normalized spacial score (nSPS) is 19.8. The van der Waals surface area contributed by atoms with Crippen molar-refractivity contribution in [3.8, 4) is 10.6 Å². The SMILES string of the molecule is Cn1nc(-c2cnc(C(=O)NCC3CCCN(CC(F)F)C3)s2)c2ccc(N3CCCCCCC3)nc21. The minimum atomic E-state index is -2.33. The lowest BCUT2D eigenvalue weighted by Crippen LogP contribution is -2.42. The molecule has 1 amide bonds. The number of aromatic nitrogens is 4. The van der Waals surface area contributed by atoms with Crippen LogP contribution in [0.5, 0.6) is 0 Å². The third-order valence-corrected chi connectivity index (χ3v) is 8.34. The molecule has 0 spiro atoms. The highest BCUT2D eigenvalue weighted by Crippen LogP contribution is 2.32. The van der Waals surface area contributed by atoms with Gasteiger partial charge in [0.2, 0.25) is 0 Å². The molecule has 2 saturated heterocycles. The van der Waals surface area contributed by atoms with Crippen molar-refractivity contribution < 1.29 is 13.6 Å². The zero-order valence-corrected chi connectivity index (χ0v) is 22.2. The number of likely N-dealkylation sites (tertiary alicyclic amines) is 1. The third kappa shape index (κ3) is 6.26. The Kier molecular flexibility index (Phi) is 8.29. The number of aryl methyl sites for hydroxylation is 1. The second-order valence-corrected chi connectivity index (χ2v) is 11.2. The van der Waals surface area contributed by atoms with Crippen molar-refractivity contribution in [2.45, 2.75) is 51.4 Å². The second kappa shape index (κ2) is 11.8. The van der Waals surface area contributed by atoms with Gasteiger partial charge >= 0.3 is 0 Å². The lowest BCUT2D eigenvalue weighted by atomic mass is 9.98. The highest BCUT2D eigenvalue weighted by Gasteiger charge is 2.24. The van der Waals surface area contributed by atoms with Crippen LogP contribution >= 0.6 is 11.3 Å². The number of halogens is 2. The summed E-state index contributed by atoms with van der Waals surface area (Å²) in [5.41, 5.74) is 1.59. The van der Waals surface area contributed by atoms with E-state index >= 15 is 0 Å². The van der Waals surface area contributed by atoms with Crippen molar-refractivity contribution in [1.29, 1.82) is 0 Å². The smallest absolute Gasteiger partial charge is 0.280 e. The summed E-state index contributed by atoms with van der Waals surface area (Å²) in [6.45, 7) is 3.59. The molecule has 2 aliphatic heterocycles. The summed E-state index contributed by atoms with van der Waals surface area (Å²) < 4.78 is 27.2. The fourth-order valence-corrected chi connectivity index (χ4v) is 6.27. The van der Waals surface area contributed by atoms with Crippen molar-refractivity contribution in [1.82, 2.24) is 30.0 Å². The molecule has 2 aliphatic rings. The predicted octanol–water partition coefficient (Wildman–Crippen LogP) is 4.57. The second-order valence-electron chi connectivity index (χ2n) is 10.2. The van der Waals surface area contributed by atoms with Crippen molar-refractivity contribution >= 4 is 34.1 Å². The molecule has 0 bridgehead atoms. The molecule has 5 heterocycles. The molecule has 200 valence electrons. The number of hydrogen-bond donors (Lipinski definition) is 1. The molecule has 0 aromatic carbocycles. The summed E-state index contributed by atoms with van der Waals surface area (Å²) in [6, 6.07) is 4.15. The van der Waals surface area contributed by atoms with Crippen LogP contribution in [-0.4, -0.2) is 76.2 Å². The first-order valence-electron chi connectivity index (χ1n) is 13.3. The largest absolute Gasteiger partial charge is 0.357 e. The molecule has 37 heavy (non-hydrogen) atoms. The molecule has 1 atom stereocenters. The van der Waals surface area contributed by atoms with Crippen molar-refractivity contribution in [3.63, 3.8) is 0 Å². The van der Waals surface area contributed by atoms with Gasteiger partial charge in [-0.1, -0.05) is 19.3 Å². The van der Waals surface area contributed by atoms with Gasteiger partial charge in [0.15, 0.2) is 10.7 Å². The Bertz CT molecular complexity index is 1200. The molecule has 0 radical (unpaired) electrons. The number of carbonyl (C=O) groups excluding carboxylic acids is 1. The van der Waals surface area contributed by atoms with Crippen LogP contribution in [0, 0.1) is 5.92 Å². The number of nitrogens with zero attached hydrogens (tertiary/aromatic N) is 6. The van der Waals surface area contributed by atoms with Gasteiger partial charge in [-0.2, -0.15) is 5.10 Å². The summed E-state index contributed by atoms with van der Waals surface area (Å²) in [5.74, 6) is 0.924. The van der Waals surface area contributed by atoms with E-state index in [2.05, 4.69) is 27.3 Å². The van der Waals surface area contributed by atoms with E-state index in [9.17, 15) is 13.6 Å². The number of carbonyl (C=O) groups is 1. The first kappa shape index (κ1) is 26.0. The maximum Gasteiger partial charge on any atom is 0.280 e. The summed E-state index contributed by atoms with van der Waals surface area (Å²) in [6.07, 6.45) is 7.41. The van der Waals surface area contributed by atoms with E-state index in [-0.39, 0.29) is 18.4 Å². The van der Waals surface area contributed by atoms with Gasteiger partial charge in [0.05, 0.1) is 11.4 Å². The predicted molar refractivity (Wildman–Crippen MR) is 142 cm³/mol. The van der Waals surface area contributed by atoms with Gasteiger partial charge in [-0.25, -0.2) is 23.4 Å². The van der Waals surface area contributed by atoms with Crippen LogP contribution in [0.15, 0.2) is 18.3 Å². The van der Waals surface area contributed by atoms with Crippen LogP contribution < -0.4 is 10.2 Å². The van der Waals surface area contributed by atoms with Gasteiger partial charge in [0, 0.05) is 44.8 Å². The number of hydrogen-bond acceptors (Lipinski definition) is 7. The zero-order valence-electron chi connectivity index (χ0n) is 21.3. The first-order chi connectivity index (χ1) is 18.0. The average molecular weight is 532 g/mol. The highest BCUT2D eigenvalue weighted by atomic mass is 32.1. The van der Waals surface area contributed by atoms with Crippen LogP contribution in [0.3, 0.4) is 0 Å². The Morgan fingerprint density at radius 3 is 2.70 bits per heavy atom. The quantitative estimate of drug-likeness (QED) is 0.481. The number of fused-ring (bicyclic) bond motifs is 1. The van der Waals surface area contributed by atoms with Crippen LogP contribution in [-0.2, 0) is 7.05 Å². The van der Waals surface area contributed by atoms with Crippen molar-refractivity contribution in [3.05, 3.63) is 23.3 Å². The van der Waals surface area contributed by atoms with Crippen molar-refractivity contribution in [2.75, 3.05) is 44.2 Å². The monoisotopic (exact) mass is 531 g/mol. The fourth-order valence-electron chi connectivity index (χ4n) is 5.44. The number of amides is 1. The number of piperidine rings is 1. The molecule has 1 N–H and O–H groups in total. The number of rotatable bonds is 7. The van der Waals surface area contributed by atoms with E-state index in [0.717, 1.165) is 53.4 Å². The van der Waals surface area contributed by atoms with E-state index in [1.165, 1.54) is 43.4 Å². The zero-order chi connectivity index (χ0) is 25.8. The number of alkyl halides is 2. The molecule has 3 aromatic heterocycles. The fraction of sp³-hybridized carbons (Fsp3) is 0.615. The standard InChI is InChI=1S/C26H35F2N7OS/c1-33-24-19(9-10-22(31-24)35-12-5-3-2-4-6-13-35)23(32-33)20-15-30-26(37-20)25(36)29-14-18-8-7-11-34(16-18)17-21(27)28/h9-10,15,18,21H,2-8,11-14,16-17H2,1H3,(H,29,36). The molecule has 0 aliphatic carbocycles. The van der Waals surface area contributed by atoms with Crippen LogP contribution in [0.1, 0.15) is 54.7 Å². The van der Waals surface area contributed by atoms with Gasteiger partial charge < -0.3 is 10.2 Å². The lowest BCUT2D eigenvalue weighted by molar-refractivity contribution is 0.0636. The Labute approximate surface area is 220 Å². The lowest BCUT2D eigenvalue weighted by Gasteiger charge is -2.32. The molecule has 11 heteroatoms. The Hall–Kier alpha value is -2.66. The summed E-state index contributed by atoms with van der Waals surface area (Å²) in [5, 5.41) is 8.98. The van der Waals surface area contributed by atoms with E-state index < -0.39 is 6.43 Å². The maximum atomic E-state index is 12.8. The molecule has 1 unspecified atom stereocenters. The number of thiazole rings is 1. The van der Waals surface area contributed by atoms with Gasteiger partial charge in [-0.15, -0.1) is 11.3 Å². The van der Waals surface area contributed by atoms with Gasteiger partial charge in [0.1, 0.15) is 11.5 Å². The molecular weight excluding hydrogens is 496 g/mol. The van der Waals surface area contributed by atoms with Gasteiger partial charge in [-0.3, -0.25) is 9.69 Å². The van der Waals surface area contributed by atoms with Gasteiger partial charge in [0.25, 0.3) is 12.3 Å². The van der Waals surface area contributed by atoms with E-state index in [1.807, 2.05) is 7.05 Å². The summed E-state index contributed by atoms with van der Waals surface area (Å²) in [7, 11) is 1.90. The summed E-state index contributed by atoms with van der Waals surface area (Å²) >= 11 is 1.31.